The maximum absolute atomic E-state index is 6.22. The maximum Gasteiger partial charge on any atom is 0.0968 e. The molecular formula is C21H28N2O2. The second-order valence-electron chi connectivity index (χ2n) is 8.01. The van der Waals surface area contributed by atoms with E-state index in [9.17, 15) is 0 Å². The minimum Gasteiger partial charge on any atom is -0.375 e. The molecule has 2 aromatic rings. The van der Waals surface area contributed by atoms with E-state index in [1.807, 2.05) is 0 Å². The average molecular weight is 340 g/mol. The lowest BCUT2D eigenvalue weighted by Gasteiger charge is -2.47. The molecule has 25 heavy (non-hydrogen) atoms. The Balaban J connectivity index is 1.52. The zero-order chi connectivity index (χ0) is 16.9. The highest BCUT2D eigenvalue weighted by Gasteiger charge is 2.52. The number of benzene rings is 1. The van der Waals surface area contributed by atoms with Gasteiger partial charge in [0, 0.05) is 54.9 Å². The van der Waals surface area contributed by atoms with E-state index in [4.69, 9.17) is 9.47 Å². The van der Waals surface area contributed by atoms with Crippen LogP contribution in [0.15, 0.2) is 24.3 Å². The molecule has 0 amide bonds. The van der Waals surface area contributed by atoms with E-state index < -0.39 is 0 Å². The summed E-state index contributed by atoms with van der Waals surface area (Å²) in [4.78, 5) is 6.36. The van der Waals surface area contributed by atoms with Crippen molar-refractivity contribution in [1.82, 2.24) is 9.88 Å². The third-order valence-corrected chi connectivity index (χ3v) is 6.65. The second kappa shape index (κ2) is 6.11. The Morgan fingerprint density at radius 2 is 2.20 bits per heavy atom. The first-order valence-corrected chi connectivity index (χ1v) is 9.83. The predicted octanol–water partition coefficient (Wildman–Crippen LogP) is 3.15. The molecule has 2 fully saturated rings. The van der Waals surface area contributed by atoms with Crippen LogP contribution in [0.2, 0.25) is 0 Å². The normalized spacial score (nSPS) is 34.8. The fourth-order valence-corrected chi connectivity index (χ4v) is 5.51. The first kappa shape index (κ1) is 15.9. The van der Waals surface area contributed by atoms with Crippen LogP contribution in [0.4, 0.5) is 0 Å². The number of aromatic nitrogens is 1. The Bertz CT molecular complexity index is 770. The standard InChI is InChI=1S/C21H28N2O2/c1-2-24-19-13-23-11-8-16-15-5-3-4-6-17(15)22-18(16)7-9-21(14-23)10-12-25-20(19)21/h3-6,19-20,22H,2,7-14H2,1H3. The Hall–Kier alpha value is -1.36. The van der Waals surface area contributed by atoms with Crippen LogP contribution >= 0.6 is 0 Å². The summed E-state index contributed by atoms with van der Waals surface area (Å²) >= 11 is 0. The Labute approximate surface area is 149 Å². The molecular weight excluding hydrogens is 312 g/mol. The van der Waals surface area contributed by atoms with Crippen molar-refractivity contribution < 1.29 is 9.47 Å². The van der Waals surface area contributed by atoms with E-state index in [0.29, 0.717) is 0 Å². The molecule has 1 N–H and O–H groups in total. The van der Waals surface area contributed by atoms with E-state index >= 15 is 0 Å². The lowest BCUT2D eigenvalue weighted by atomic mass is 9.72. The third-order valence-electron chi connectivity index (χ3n) is 6.65. The summed E-state index contributed by atoms with van der Waals surface area (Å²) in [5.74, 6) is 0. The fraction of sp³-hybridized carbons (Fsp3) is 0.619. The molecule has 4 unspecified atom stereocenters. The molecule has 1 aromatic carbocycles. The number of hydrogen-bond donors (Lipinski definition) is 1. The van der Waals surface area contributed by atoms with E-state index in [0.717, 1.165) is 39.1 Å². The molecule has 4 nitrogen and oxygen atoms in total. The topological polar surface area (TPSA) is 37.5 Å². The molecule has 134 valence electrons. The van der Waals surface area contributed by atoms with Gasteiger partial charge in [0.2, 0.25) is 0 Å². The van der Waals surface area contributed by atoms with Crippen molar-refractivity contribution in [1.29, 1.82) is 0 Å². The number of nitrogens with one attached hydrogen (secondary N) is 1. The van der Waals surface area contributed by atoms with Crippen LogP contribution in [-0.4, -0.2) is 54.9 Å². The Kier molecular flexibility index (Phi) is 3.88. The molecule has 4 heterocycles. The number of nitrogens with zero attached hydrogens (tertiary/aromatic N) is 1. The van der Waals surface area contributed by atoms with Gasteiger partial charge in [0.25, 0.3) is 0 Å². The third kappa shape index (κ3) is 2.54. The summed E-state index contributed by atoms with van der Waals surface area (Å²) in [6, 6.07) is 8.77. The van der Waals surface area contributed by atoms with Gasteiger partial charge < -0.3 is 14.5 Å². The average Bonchev–Trinajstić information content (AvgIpc) is 3.20. The van der Waals surface area contributed by atoms with Gasteiger partial charge in [-0.05, 0) is 44.2 Å². The molecule has 1 spiro atoms. The first-order valence-electron chi connectivity index (χ1n) is 9.83. The molecule has 2 saturated heterocycles. The van der Waals surface area contributed by atoms with Crippen LogP contribution in [0.1, 0.15) is 31.0 Å². The van der Waals surface area contributed by atoms with Crippen molar-refractivity contribution in [2.45, 2.75) is 44.8 Å². The number of fused-ring (bicyclic) bond motifs is 4. The molecule has 5 rings (SSSR count). The highest BCUT2D eigenvalue weighted by molar-refractivity contribution is 5.84. The zero-order valence-electron chi connectivity index (χ0n) is 15.1. The van der Waals surface area contributed by atoms with Gasteiger partial charge in [-0.2, -0.15) is 0 Å². The van der Waals surface area contributed by atoms with Crippen LogP contribution in [-0.2, 0) is 22.3 Å². The number of para-hydroxylation sites is 1. The largest absolute Gasteiger partial charge is 0.375 e. The van der Waals surface area contributed by atoms with Crippen molar-refractivity contribution in [3.05, 3.63) is 35.5 Å². The molecule has 2 bridgehead atoms. The Morgan fingerprint density at radius 1 is 1.28 bits per heavy atom. The van der Waals surface area contributed by atoms with Gasteiger partial charge in [-0.1, -0.05) is 18.2 Å². The number of piperidine rings is 1. The van der Waals surface area contributed by atoms with Crippen molar-refractivity contribution in [2.24, 2.45) is 5.41 Å². The summed E-state index contributed by atoms with van der Waals surface area (Å²) < 4.78 is 12.3. The van der Waals surface area contributed by atoms with Crippen molar-refractivity contribution >= 4 is 10.9 Å². The second-order valence-corrected chi connectivity index (χ2v) is 8.01. The lowest BCUT2D eigenvalue weighted by molar-refractivity contribution is -0.129. The van der Waals surface area contributed by atoms with Crippen LogP contribution in [0, 0.1) is 5.41 Å². The number of hydrogen-bond acceptors (Lipinski definition) is 3. The predicted molar refractivity (Wildman–Crippen MR) is 99.0 cm³/mol. The van der Waals surface area contributed by atoms with E-state index in [1.54, 1.807) is 0 Å². The number of aryl methyl sites for hydroxylation is 1. The van der Waals surface area contributed by atoms with Gasteiger partial charge in [0.05, 0.1) is 12.2 Å². The van der Waals surface area contributed by atoms with Crippen LogP contribution in [0.5, 0.6) is 0 Å². The highest BCUT2D eigenvalue weighted by atomic mass is 16.5. The summed E-state index contributed by atoms with van der Waals surface area (Å²) in [6.07, 6.45) is 5.12. The number of ether oxygens (including phenoxy) is 2. The van der Waals surface area contributed by atoms with Gasteiger partial charge in [0.1, 0.15) is 0 Å². The molecule has 0 aliphatic carbocycles. The maximum atomic E-state index is 6.22. The number of H-pyrrole nitrogens is 1. The summed E-state index contributed by atoms with van der Waals surface area (Å²) in [6.45, 7) is 7.07. The van der Waals surface area contributed by atoms with Crippen molar-refractivity contribution in [2.75, 3.05) is 32.8 Å². The first-order chi connectivity index (χ1) is 12.3. The van der Waals surface area contributed by atoms with Gasteiger partial charge in [-0.3, -0.25) is 4.90 Å². The smallest absolute Gasteiger partial charge is 0.0968 e. The van der Waals surface area contributed by atoms with Crippen LogP contribution < -0.4 is 0 Å². The summed E-state index contributed by atoms with van der Waals surface area (Å²) in [5, 5.41) is 1.41. The SMILES string of the molecule is CCOC1CN2CCc3c([nH]c4ccccc34)CCC3(CCOC13)C2. The number of rotatable bonds is 2. The van der Waals surface area contributed by atoms with Crippen LogP contribution in [0.25, 0.3) is 10.9 Å². The molecule has 4 heteroatoms. The molecule has 0 saturated carbocycles. The highest BCUT2D eigenvalue weighted by Crippen LogP contribution is 2.46. The van der Waals surface area contributed by atoms with Crippen LogP contribution in [0.3, 0.4) is 0 Å². The lowest BCUT2D eigenvalue weighted by Crippen LogP contribution is -2.58. The quantitative estimate of drug-likeness (QED) is 0.912. The molecule has 3 aliphatic heterocycles. The molecule has 3 aliphatic rings. The van der Waals surface area contributed by atoms with Gasteiger partial charge in [0.15, 0.2) is 0 Å². The van der Waals surface area contributed by atoms with Crippen molar-refractivity contribution in [3.63, 3.8) is 0 Å². The minimum atomic E-state index is 0.231. The molecule has 4 atom stereocenters. The monoisotopic (exact) mass is 340 g/mol. The summed E-state index contributed by atoms with van der Waals surface area (Å²) in [7, 11) is 0. The molecule has 1 aromatic heterocycles. The molecule has 0 radical (unpaired) electrons. The van der Waals surface area contributed by atoms with E-state index in [-0.39, 0.29) is 17.6 Å². The number of aromatic amines is 1. The van der Waals surface area contributed by atoms with Crippen molar-refractivity contribution in [3.8, 4) is 0 Å². The van der Waals surface area contributed by atoms with Gasteiger partial charge in [-0.15, -0.1) is 0 Å². The summed E-state index contributed by atoms with van der Waals surface area (Å²) in [5.41, 5.74) is 4.53. The fourth-order valence-electron chi connectivity index (χ4n) is 5.51. The zero-order valence-corrected chi connectivity index (χ0v) is 15.1. The van der Waals surface area contributed by atoms with E-state index in [1.165, 1.54) is 41.5 Å². The van der Waals surface area contributed by atoms with Gasteiger partial charge >= 0.3 is 0 Å². The Morgan fingerprint density at radius 3 is 3.12 bits per heavy atom. The van der Waals surface area contributed by atoms with E-state index in [2.05, 4.69) is 41.1 Å². The van der Waals surface area contributed by atoms with Gasteiger partial charge in [-0.25, -0.2) is 0 Å². The minimum absolute atomic E-state index is 0.231.